The predicted octanol–water partition coefficient (Wildman–Crippen LogP) is 6.29. The molecule has 1 saturated carbocycles. The maximum absolute atomic E-state index is 11.7. The zero-order valence-electron chi connectivity index (χ0n) is 24.9. The topological polar surface area (TPSA) is 102 Å². The van der Waals surface area contributed by atoms with Gasteiger partial charge in [-0.3, -0.25) is 4.79 Å². The van der Waals surface area contributed by atoms with Crippen molar-refractivity contribution in [1.82, 2.24) is 4.31 Å². The highest BCUT2D eigenvalue weighted by Gasteiger charge is 2.26. The summed E-state index contributed by atoms with van der Waals surface area (Å²) in [5, 5.41) is 9.12. The van der Waals surface area contributed by atoms with E-state index in [1.165, 1.54) is 12.8 Å². The molecular formula is C34H41NO7S. The number of nitrogens with zero attached hydrogens (tertiary/aromatic N) is 1. The Morgan fingerprint density at radius 2 is 1.77 bits per heavy atom. The molecule has 5 rings (SSSR count). The summed E-state index contributed by atoms with van der Waals surface area (Å²) >= 11 is 0. The van der Waals surface area contributed by atoms with Crippen molar-refractivity contribution in [2.24, 2.45) is 5.92 Å². The van der Waals surface area contributed by atoms with Gasteiger partial charge in [-0.25, -0.2) is 12.7 Å². The number of hydrogen-bond acceptors (Lipinski definition) is 6. The van der Waals surface area contributed by atoms with E-state index in [-0.39, 0.29) is 12.3 Å². The van der Waals surface area contributed by atoms with Crippen LogP contribution in [0.5, 0.6) is 17.2 Å². The summed E-state index contributed by atoms with van der Waals surface area (Å²) in [4.78, 5) is 11.1. The standard InChI is InChI=1S/C34H41NO7S/c1-23-15-30(40-14-6-13-35(43(38)39)20-25-7-3-4-8-25)16-24(2)34(23)27-10-5-9-26(17-27)21-41-29-11-12-31-28(18-33(36)37)22-42-32(31)19-29/h5,9-12,15-17,19,25,28,43H,3-4,6-8,13-14,18,20-22H2,1-2H3,(H,36,37). The summed E-state index contributed by atoms with van der Waals surface area (Å²) in [6.45, 7) is 6.49. The molecule has 1 fully saturated rings. The van der Waals surface area contributed by atoms with Gasteiger partial charge in [0.15, 0.2) is 0 Å². The summed E-state index contributed by atoms with van der Waals surface area (Å²) in [5.41, 5.74) is 6.39. The zero-order valence-corrected chi connectivity index (χ0v) is 25.8. The number of fused-ring (bicyclic) bond motifs is 1. The van der Waals surface area contributed by atoms with Crippen LogP contribution in [0.4, 0.5) is 0 Å². The average molecular weight is 608 g/mol. The van der Waals surface area contributed by atoms with Crippen molar-refractivity contribution in [1.29, 1.82) is 0 Å². The molecule has 0 radical (unpaired) electrons. The van der Waals surface area contributed by atoms with Gasteiger partial charge in [0.05, 0.1) is 19.6 Å². The number of aliphatic carboxylic acids is 1. The van der Waals surface area contributed by atoms with Crippen molar-refractivity contribution in [3.63, 3.8) is 0 Å². The van der Waals surface area contributed by atoms with Gasteiger partial charge in [-0.2, -0.15) is 0 Å². The number of carboxylic acid groups (broad SMARTS) is 1. The molecule has 1 aliphatic heterocycles. The van der Waals surface area contributed by atoms with Crippen LogP contribution in [0, 0.1) is 19.8 Å². The summed E-state index contributed by atoms with van der Waals surface area (Å²) in [7, 11) is -2.57. The molecule has 1 N–H and O–H groups in total. The Balaban J connectivity index is 1.17. The molecule has 0 aromatic heterocycles. The highest BCUT2D eigenvalue weighted by Crippen LogP contribution is 2.38. The lowest BCUT2D eigenvalue weighted by Gasteiger charge is -2.19. The maximum atomic E-state index is 11.7. The summed E-state index contributed by atoms with van der Waals surface area (Å²) in [5.74, 6) is 1.68. The molecule has 1 atom stereocenters. The zero-order chi connectivity index (χ0) is 30.3. The molecule has 0 saturated heterocycles. The van der Waals surface area contributed by atoms with Gasteiger partial charge in [0, 0.05) is 30.6 Å². The van der Waals surface area contributed by atoms with Crippen molar-refractivity contribution >= 4 is 16.9 Å². The predicted molar refractivity (Wildman–Crippen MR) is 167 cm³/mol. The van der Waals surface area contributed by atoms with Gasteiger partial charge in [-0.15, -0.1) is 0 Å². The number of carbonyl (C=O) groups is 1. The Morgan fingerprint density at radius 3 is 2.49 bits per heavy atom. The third-order valence-electron chi connectivity index (χ3n) is 8.42. The van der Waals surface area contributed by atoms with E-state index >= 15 is 0 Å². The van der Waals surface area contributed by atoms with E-state index in [0.717, 1.165) is 52.0 Å². The molecule has 2 aliphatic rings. The highest BCUT2D eigenvalue weighted by atomic mass is 32.2. The fourth-order valence-corrected chi connectivity index (χ4v) is 7.01. The number of thiol groups is 1. The van der Waals surface area contributed by atoms with E-state index in [1.807, 2.05) is 42.5 Å². The molecule has 8 nitrogen and oxygen atoms in total. The molecule has 3 aromatic carbocycles. The Kier molecular flexibility index (Phi) is 10.3. The first kappa shape index (κ1) is 30.9. The van der Waals surface area contributed by atoms with Crippen LogP contribution in [0.2, 0.25) is 0 Å². The lowest BCUT2D eigenvalue weighted by molar-refractivity contribution is -0.137. The summed E-state index contributed by atoms with van der Waals surface area (Å²) in [6, 6.07) is 18.0. The smallest absolute Gasteiger partial charge is 0.304 e. The van der Waals surface area contributed by atoms with Gasteiger partial charge in [-0.1, -0.05) is 37.1 Å². The number of aryl methyl sites for hydroxylation is 2. The number of hydrogen-bond donors (Lipinski definition) is 2. The SMILES string of the molecule is Cc1cc(OCCCN(CC2CCCC2)[SH](=O)=O)cc(C)c1-c1cccc(COc2ccc3c(c2)OCC3CC(=O)O)c1. The molecule has 43 heavy (non-hydrogen) atoms. The second-order valence-corrected chi connectivity index (χ2v) is 12.8. The minimum Gasteiger partial charge on any atom is -0.494 e. The first-order valence-electron chi connectivity index (χ1n) is 15.1. The normalized spacial score (nSPS) is 16.4. The van der Waals surface area contributed by atoms with E-state index < -0.39 is 16.9 Å². The van der Waals surface area contributed by atoms with Crippen molar-refractivity contribution < 1.29 is 32.5 Å². The monoisotopic (exact) mass is 607 g/mol. The minimum atomic E-state index is -2.57. The van der Waals surface area contributed by atoms with E-state index in [4.69, 9.17) is 19.3 Å². The van der Waals surface area contributed by atoms with E-state index in [1.54, 1.807) is 4.31 Å². The van der Waals surface area contributed by atoms with Crippen LogP contribution >= 0.6 is 0 Å². The van der Waals surface area contributed by atoms with E-state index in [0.29, 0.717) is 56.7 Å². The van der Waals surface area contributed by atoms with Crippen LogP contribution in [-0.2, 0) is 22.3 Å². The number of benzene rings is 3. The molecule has 0 amide bonds. The third-order valence-corrected chi connectivity index (χ3v) is 9.24. The lowest BCUT2D eigenvalue weighted by Crippen LogP contribution is -2.29. The Bertz CT molecular complexity index is 1480. The molecule has 230 valence electrons. The minimum absolute atomic E-state index is 0.0527. The molecule has 1 unspecified atom stereocenters. The second-order valence-electron chi connectivity index (χ2n) is 11.7. The van der Waals surface area contributed by atoms with E-state index in [9.17, 15) is 13.2 Å². The molecule has 3 aromatic rings. The van der Waals surface area contributed by atoms with E-state index in [2.05, 4.69) is 26.0 Å². The van der Waals surface area contributed by atoms with Gasteiger partial charge in [0.2, 0.25) is 10.9 Å². The summed E-state index contributed by atoms with van der Waals surface area (Å²) in [6.07, 6.45) is 5.36. The Morgan fingerprint density at radius 1 is 1.00 bits per heavy atom. The molecule has 0 bridgehead atoms. The number of ether oxygens (including phenoxy) is 3. The van der Waals surface area contributed by atoms with Gasteiger partial charge in [-0.05, 0) is 91.1 Å². The average Bonchev–Trinajstić information content (AvgIpc) is 3.63. The largest absolute Gasteiger partial charge is 0.494 e. The van der Waals surface area contributed by atoms with Crippen LogP contribution in [-0.4, -0.2) is 50.1 Å². The fraction of sp³-hybridized carbons (Fsp3) is 0.441. The molecule has 1 aliphatic carbocycles. The number of carboxylic acids is 1. The number of rotatable bonds is 14. The van der Waals surface area contributed by atoms with Crippen molar-refractivity contribution in [2.45, 2.75) is 64.9 Å². The molecule has 0 spiro atoms. The molecule has 9 heteroatoms. The highest BCUT2D eigenvalue weighted by molar-refractivity contribution is 7.69. The Labute approximate surface area is 255 Å². The molecular weight excluding hydrogens is 566 g/mol. The first-order chi connectivity index (χ1) is 20.8. The molecule has 1 heterocycles. The van der Waals surface area contributed by atoms with Crippen LogP contribution in [0.25, 0.3) is 11.1 Å². The van der Waals surface area contributed by atoms with Gasteiger partial charge in [0.1, 0.15) is 23.9 Å². The third kappa shape index (κ3) is 8.09. The maximum Gasteiger partial charge on any atom is 0.304 e. The Hall–Kier alpha value is -3.56. The van der Waals surface area contributed by atoms with Crippen molar-refractivity contribution in [3.05, 3.63) is 76.9 Å². The fourth-order valence-electron chi connectivity index (χ4n) is 6.34. The van der Waals surface area contributed by atoms with Crippen LogP contribution in [0.1, 0.15) is 66.7 Å². The first-order valence-corrected chi connectivity index (χ1v) is 16.2. The van der Waals surface area contributed by atoms with Gasteiger partial charge < -0.3 is 19.3 Å². The lowest BCUT2D eigenvalue weighted by atomic mass is 9.94. The van der Waals surface area contributed by atoms with Crippen LogP contribution in [0.3, 0.4) is 0 Å². The van der Waals surface area contributed by atoms with Crippen LogP contribution in [0.15, 0.2) is 54.6 Å². The van der Waals surface area contributed by atoms with Gasteiger partial charge in [0.25, 0.3) is 0 Å². The van der Waals surface area contributed by atoms with Gasteiger partial charge >= 0.3 is 5.97 Å². The summed E-state index contributed by atoms with van der Waals surface area (Å²) < 4.78 is 42.9. The van der Waals surface area contributed by atoms with Crippen molar-refractivity contribution in [3.8, 4) is 28.4 Å². The quantitative estimate of drug-likeness (QED) is 0.164. The van der Waals surface area contributed by atoms with Crippen LogP contribution < -0.4 is 14.2 Å². The van der Waals surface area contributed by atoms with Crippen molar-refractivity contribution in [2.75, 3.05) is 26.3 Å². The second kappa shape index (κ2) is 14.3.